The Kier molecular flexibility index (Phi) is 5.16. The summed E-state index contributed by atoms with van der Waals surface area (Å²) in [6, 6.07) is 11.5. The first-order valence-corrected chi connectivity index (χ1v) is 11.8. The van der Waals surface area contributed by atoms with Crippen LogP contribution in [0.2, 0.25) is 0 Å². The van der Waals surface area contributed by atoms with E-state index in [2.05, 4.69) is 4.90 Å². The Labute approximate surface area is 189 Å². The fraction of sp³-hybridized carbons (Fsp3) is 0.538. The standard InChI is InChI=1S/C26H32N2O4/c1-25(2)16-26(24(31)32-25)12-5-13-28(17-26)19-10-14-27(15-11-19)23(30)22-20-7-4-3-6-18(20)8-9-21(22)29/h3-4,6-9,19,29H,5,10-17H2,1-2H3. The number of piperidine rings is 2. The number of fused-ring (bicyclic) bond motifs is 1. The number of phenolic OH excluding ortho intramolecular Hbond substituents is 1. The zero-order valence-corrected chi connectivity index (χ0v) is 19.0. The van der Waals surface area contributed by atoms with Crippen molar-refractivity contribution in [2.24, 2.45) is 5.41 Å². The zero-order valence-electron chi connectivity index (χ0n) is 19.0. The first kappa shape index (κ1) is 21.3. The van der Waals surface area contributed by atoms with Gasteiger partial charge < -0.3 is 14.7 Å². The van der Waals surface area contributed by atoms with E-state index in [9.17, 15) is 14.7 Å². The van der Waals surface area contributed by atoms with Crippen molar-refractivity contribution in [1.29, 1.82) is 0 Å². The highest BCUT2D eigenvalue weighted by Crippen LogP contribution is 2.46. The molecule has 0 aromatic heterocycles. The van der Waals surface area contributed by atoms with Crippen LogP contribution < -0.4 is 0 Å². The van der Waals surface area contributed by atoms with Gasteiger partial charge in [-0.25, -0.2) is 0 Å². The lowest BCUT2D eigenvalue weighted by atomic mass is 9.74. The lowest BCUT2D eigenvalue weighted by molar-refractivity contribution is -0.154. The molecule has 3 aliphatic heterocycles. The van der Waals surface area contributed by atoms with Gasteiger partial charge in [0.15, 0.2) is 0 Å². The van der Waals surface area contributed by atoms with Crippen LogP contribution in [0.5, 0.6) is 5.75 Å². The van der Waals surface area contributed by atoms with E-state index >= 15 is 0 Å². The molecule has 3 saturated heterocycles. The Morgan fingerprint density at radius 3 is 2.56 bits per heavy atom. The van der Waals surface area contributed by atoms with Gasteiger partial charge in [0.25, 0.3) is 5.91 Å². The van der Waals surface area contributed by atoms with Crippen LogP contribution in [0, 0.1) is 5.41 Å². The van der Waals surface area contributed by atoms with Crippen LogP contribution in [-0.4, -0.2) is 64.6 Å². The normalized spacial score (nSPS) is 26.6. The van der Waals surface area contributed by atoms with Crippen LogP contribution in [0.15, 0.2) is 36.4 Å². The zero-order chi connectivity index (χ0) is 22.5. The molecule has 3 fully saturated rings. The van der Waals surface area contributed by atoms with Crippen molar-refractivity contribution in [3.63, 3.8) is 0 Å². The van der Waals surface area contributed by atoms with Gasteiger partial charge in [0.1, 0.15) is 11.4 Å². The molecule has 2 aromatic carbocycles. The summed E-state index contributed by atoms with van der Waals surface area (Å²) in [5.41, 5.74) is -0.353. The number of esters is 1. The molecule has 0 radical (unpaired) electrons. The Morgan fingerprint density at radius 1 is 1.09 bits per heavy atom. The average Bonchev–Trinajstić information content (AvgIpc) is 3.00. The molecular formula is C26H32N2O4. The highest BCUT2D eigenvalue weighted by Gasteiger charge is 2.54. The summed E-state index contributed by atoms with van der Waals surface area (Å²) in [4.78, 5) is 30.4. The number of nitrogens with zero attached hydrogens (tertiary/aromatic N) is 2. The number of cyclic esters (lactones) is 1. The Bertz CT molecular complexity index is 1060. The van der Waals surface area contributed by atoms with Crippen molar-refractivity contribution in [1.82, 2.24) is 9.80 Å². The summed E-state index contributed by atoms with van der Waals surface area (Å²) in [5.74, 6) is -0.101. The minimum atomic E-state index is -0.379. The number of hydrogen-bond acceptors (Lipinski definition) is 5. The van der Waals surface area contributed by atoms with E-state index in [-0.39, 0.29) is 28.6 Å². The fourth-order valence-electron chi connectivity index (χ4n) is 6.15. The van der Waals surface area contributed by atoms with Crippen LogP contribution in [-0.2, 0) is 9.53 Å². The number of aromatic hydroxyl groups is 1. The summed E-state index contributed by atoms with van der Waals surface area (Å²) in [7, 11) is 0. The molecule has 3 heterocycles. The van der Waals surface area contributed by atoms with E-state index in [0.29, 0.717) is 24.7 Å². The second-order valence-electron chi connectivity index (χ2n) is 10.4. The van der Waals surface area contributed by atoms with Crippen molar-refractivity contribution < 1.29 is 19.4 Å². The maximum Gasteiger partial charge on any atom is 0.314 e. The lowest BCUT2D eigenvalue weighted by Gasteiger charge is -2.44. The fourth-order valence-corrected chi connectivity index (χ4v) is 6.15. The molecule has 32 heavy (non-hydrogen) atoms. The van der Waals surface area contributed by atoms with Crippen molar-refractivity contribution in [2.45, 2.75) is 57.6 Å². The van der Waals surface area contributed by atoms with Crippen LogP contribution in [0.4, 0.5) is 0 Å². The smallest absolute Gasteiger partial charge is 0.314 e. The number of hydrogen-bond donors (Lipinski definition) is 1. The second-order valence-corrected chi connectivity index (χ2v) is 10.4. The summed E-state index contributed by atoms with van der Waals surface area (Å²) >= 11 is 0. The van der Waals surface area contributed by atoms with E-state index in [4.69, 9.17) is 4.74 Å². The largest absolute Gasteiger partial charge is 0.507 e. The molecule has 0 saturated carbocycles. The molecule has 6 heteroatoms. The third kappa shape index (κ3) is 3.64. The molecule has 1 N–H and O–H groups in total. The maximum absolute atomic E-state index is 13.3. The van der Waals surface area contributed by atoms with Gasteiger partial charge in [-0.15, -0.1) is 0 Å². The summed E-state index contributed by atoms with van der Waals surface area (Å²) in [6.45, 7) is 7.09. The molecule has 6 nitrogen and oxygen atoms in total. The van der Waals surface area contributed by atoms with Gasteiger partial charge in [-0.05, 0) is 62.9 Å². The first-order chi connectivity index (χ1) is 15.3. The number of rotatable bonds is 2. The van der Waals surface area contributed by atoms with Gasteiger partial charge in [0.05, 0.1) is 11.0 Å². The van der Waals surface area contributed by atoms with Crippen LogP contribution in [0.25, 0.3) is 10.8 Å². The molecule has 3 aliphatic rings. The van der Waals surface area contributed by atoms with Gasteiger partial charge in [0.2, 0.25) is 0 Å². The highest BCUT2D eigenvalue weighted by molar-refractivity contribution is 6.09. The minimum Gasteiger partial charge on any atom is -0.507 e. The minimum absolute atomic E-state index is 0.0359. The molecule has 5 rings (SSSR count). The number of amides is 1. The predicted molar refractivity (Wildman–Crippen MR) is 123 cm³/mol. The SMILES string of the molecule is CC1(C)CC2(CCCN(C3CCN(C(=O)c4c(O)ccc5ccccc45)CC3)C2)C(=O)O1. The monoisotopic (exact) mass is 436 g/mol. The van der Waals surface area contributed by atoms with E-state index in [1.54, 1.807) is 6.07 Å². The van der Waals surface area contributed by atoms with E-state index in [0.717, 1.165) is 56.0 Å². The predicted octanol–water partition coefficient (Wildman–Crippen LogP) is 3.96. The summed E-state index contributed by atoms with van der Waals surface area (Å²) < 4.78 is 5.68. The van der Waals surface area contributed by atoms with Gasteiger partial charge in [-0.1, -0.05) is 30.3 Å². The average molecular weight is 437 g/mol. The van der Waals surface area contributed by atoms with Gasteiger partial charge >= 0.3 is 5.97 Å². The highest BCUT2D eigenvalue weighted by atomic mass is 16.6. The van der Waals surface area contributed by atoms with Crippen LogP contribution >= 0.6 is 0 Å². The molecule has 0 aliphatic carbocycles. The number of ether oxygens (including phenoxy) is 1. The van der Waals surface area contributed by atoms with Crippen molar-refractivity contribution in [3.8, 4) is 5.75 Å². The lowest BCUT2D eigenvalue weighted by Crippen LogP contribution is -2.53. The third-order valence-electron chi connectivity index (χ3n) is 7.56. The molecule has 1 unspecified atom stereocenters. The maximum atomic E-state index is 13.3. The molecule has 1 amide bonds. The number of likely N-dealkylation sites (tertiary alicyclic amines) is 2. The van der Waals surface area contributed by atoms with Gasteiger partial charge in [0, 0.05) is 32.1 Å². The Balaban J connectivity index is 1.28. The molecule has 170 valence electrons. The number of carbonyl (C=O) groups is 2. The quantitative estimate of drug-likeness (QED) is 0.722. The van der Waals surface area contributed by atoms with E-state index < -0.39 is 0 Å². The van der Waals surface area contributed by atoms with Crippen molar-refractivity contribution >= 4 is 22.6 Å². The Morgan fingerprint density at radius 2 is 1.84 bits per heavy atom. The summed E-state index contributed by atoms with van der Waals surface area (Å²) in [5, 5.41) is 12.2. The first-order valence-electron chi connectivity index (χ1n) is 11.8. The molecule has 0 bridgehead atoms. The molecule has 2 aromatic rings. The molecule has 1 atom stereocenters. The molecular weight excluding hydrogens is 404 g/mol. The van der Waals surface area contributed by atoms with Gasteiger partial charge in [-0.3, -0.25) is 14.5 Å². The number of carbonyl (C=O) groups excluding carboxylic acids is 2. The van der Waals surface area contributed by atoms with Crippen LogP contribution in [0.3, 0.4) is 0 Å². The van der Waals surface area contributed by atoms with Crippen LogP contribution in [0.1, 0.15) is 56.3 Å². The number of benzene rings is 2. The number of phenols is 1. The second kappa shape index (κ2) is 7.77. The third-order valence-corrected chi connectivity index (χ3v) is 7.56. The topological polar surface area (TPSA) is 70.1 Å². The molecule has 1 spiro atoms. The van der Waals surface area contributed by atoms with Gasteiger partial charge in [-0.2, -0.15) is 0 Å². The van der Waals surface area contributed by atoms with E-state index in [1.165, 1.54) is 0 Å². The van der Waals surface area contributed by atoms with Crippen molar-refractivity contribution in [2.75, 3.05) is 26.2 Å². The van der Waals surface area contributed by atoms with E-state index in [1.807, 2.05) is 49.1 Å². The summed E-state index contributed by atoms with van der Waals surface area (Å²) in [6.07, 6.45) is 4.46. The Hall–Kier alpha value is -2.60. The van der Waals surface area contributed by atoms with Crippen molar-refractivity contribution in [3.05, 3.63) is 42.0 Å².